The van der Waals surface area contributed by atoms with Crippen LogP contribution >= 0.6 is 0 Å². The molecule has 0 radical (unpaired) electrons. The Balaban J connectivity index is 2.85. The molecule has 0 N–H and O–H groups in total. The molecule has 0 aromatic carbocycles. The van der Waals surface area contributed by atoms with Crippen molar-refractivity contribution in [3.63, 3.8) is 0 Å². The summed E-state index contributed by atoms with van der Waals surface area (Å²) in [6.45, 7) is 4.15. The highest BCUT2D eigenvalue weighted by Crippen LogP contribution is 2.08. The summed E-state index contributed by atoms with van der Waals surface area (Å²) in [4.78, 5) is 8.32. The van der Waals surface area contributed by atoms with Crippen molar-refractivity contribution in [3.8, 4) is 0 Å². The van der Waals surface area contributed by atoms with Crippen LogP contribution in [0.25, 0.3) is 11.8 Å². The van der Waals surface area contributed by atoms with E-state index in [0.29, 0.717) is 5.92 Å². The quantitative estimate of drug-likeness (QED) is 0.620. The highest BCUT2D eigenvalue weighted by atomic mass is 16.3. The van der Waals surface area contributed by atoms with E-state index in [4.69, 9.17) is 4.42 Å². The first-order valence-electron chi connectivity index (χ1n) is 4.22. The van der Waals surface area contributed by atoms with Gasteiger partial charge in [0.05, 0.1) is 5.70 Å². The SMILES string of the molecule is CC(C)C1=c2ncoc2=CC=C=N1. The topological polar surface area (TPSA) is 38.4 Å². The van der Waals surface area contributed by atoms with E-state index >= 15 is 0 Å². The van der Waals surface area contributed by atoms with Crippen LogP contribution in [0.1, 0.15) is 13.8 Å². The van der Waals surface area contributed by atoms with Gasteiger partial charge in [0.25, 0.3) is 0 Å². The van der Waals surface area contributed by atoms with Crippen molar-refractivity contribution >= 4 is 17.6 Å². The van der Waals surface area contributed by atoms with Gasteiger partial charge in [-0.25, -0.2) is 9.98 Å². The predicted molar refractivity (Wildman–Crippen MR) is 50.5 cm³/mol. The first-order valence-corrected chi connectivity index (χ1v) is 4.22. The summed E-state index contributed by atoms with van der Waals surface area (Å²) >= 11 is 0. The van der Waals surface area contributed by atoms with E-state index in [1.807, 2.05) is 6.08 Å². The standard InChI is InChI=1S/C10H10N2O/c1-7(2)9-10-8(13-6-12-10)4-3-5-11-9/h3-4,6-7H,1-2H3. The molecular formula is C10H10N2O. The monoisotopic (exact) mass is 174 g/mol. The lowest BCUT2D eigenvalue weighted by Crippen LogP contribution is -2.25. The van der Waals surface area contributed by atoms with Gasteiger partial charge in [-0.1, -0.05) is 13.8 Å². The molecular weight excluding hydrogens is 164 g/mol. The molecule has 0 unspecified atom stereocenters. The smallest absolute Gasteiger partial charge is 0.182 e. The molecule has 2 rings (SSSR count). The average Bonchev–Trinajstić information content (AvgIpc) is 2.44. The first-order chi connectivity index (χ1) is 6.29. The normalized spacial score (nSPS) is 14.2. The maximum absolute atomic E-state index is 5.20. The number of hydrogen-bond acceptors (Lipinski definition) is 3. The average molecular weight is 174 g/mol. The lowest BCUT2D eigenvalue weighted by atomic mass is 10.1. The molecule has 13 heavy (non-hydrogen) atoms. The zero-order chi connectivity index (χ0) is 9.26. The van der Waals surface area contributed by atoms with Crippen LogP contribution in [0.5, 0.6) is 0 Å². The molecule has 1 aliphatic heterocycles. The summed E-state index contributed by atoms with van der Waals surface area (Å²) in [6.07, 6.45) is 5.00. The molecule has 3 nitrogen and oxygen atoms in total. The minimum absolute atomic E-state index is 0.330. The van der Waals surface area contributed by atoms with Crippen LogP contribution in [0, 0.1) is 5.92 Å². The number of aliphatic imine (C=N–C) groups is 1. The molecule has 0 spiro atoms. The number of nitrogens with zero attached hydrogens (tertiary/aromatic N) is 2. The summed E-state index contributed by atoms with van der Waals surface area (Å²) in [7, 11) is 0. The van der Waals surface area contributed by atoms with E-state index in [1.165, 1.54) is 6.39 Å². The summed E-state index contributed by atoms with van der Waals surface area (Å²) < 4.78 is 5.20. The lowest BCUT2D eigenvalue weighted by Gasteiger charge is -2.00. The Morgan fingerprint density at radius 1 is 1.46 bits per heavy atom. The van der Waals surface area contributed by atoms with Gasteiger partial charge in [-0.3, -0.25) is 0 Å². The van der Waals surface area contributed by atoms with Crippen LogP contribution in [0.15, 0.2) is 21.9 Å². The van der Waals surface area contributed by atoms with E-state index < -0.39 is 0 Å². The Kier molecular flexibility index (Phi) is 1.87. The molecule has 2 heterocycles. The van der Waals surface area contributed by atoms with Crippen LogP contribution in [-0.4, -0.2) is 10.9 Å². The molecule has 0 saturated heterocycles. The first kappa shape index (κ1) is 8.02. The van der Waals surface area contributed by atoms with Gasteiger partial charge in [-0.15, -0.1) is 0 Å². The second kappa shape index (κ2) is 3.04. The van der Waals surface area contributed by atoms with Crippen molar-refractivity contribution in [2.75, 3.05) is 0 Å². The maximum atomic E-state index is 5.20. The van der Waals surface area contributed by atoms with Crippen LogP contribution in [0.2, 0.25) is 0 Å². The van der Waals surface area contributed by atoms with E-state index in [1.54, 1.807) is 6.08 Å². The fraction of sp³-hybridized carbons (Fsp3) is 0.300. The third kappa shape index (κ3) is 1.34. The van der Waals surface area contributed by atoms with Crippen molar-refractivity contribution < 1.29 is 4.42 Å². The van der Waals surface area contributed by atoms with Crippen molar-refractivity contribution in [3.05, 3.63) is 23.2 Å². The number of oxazole rings is 1. The van der Waals surface area contributed by atoms with Crippen LogP contribution in [-0.2, 0) is 0 Å². The maximum Gasteiger partial charge on any atom is 0.182 e. The van der Waals surface area contributed by atoms with E-state index in [0.717, 1.165) is 16.5 Å². The molecule has 1 aromatic heterocycles. The highest BCUT2D eigenvalue weighted by Gasteiger charge is 2.06. The summed E-state index contributed by atoms with van der Waals surface area (Å²) in [5, 5.41) is 0.830. The van der Waals surface area contributed by atoms with Gasteiger partial charge in [-0.2, -0.15) is 0 Å². The minimum Gasteiger partial charge on any atom is -0.443 e. The fourth-order valence-corrected chi connectivity index (χ4v) is 1.24. The molecule has 0 aliphatic carbocycles. The summed E-state index contributed by atoms with van der Waals surface area (Å²) in [5.41, 5.74) is 1.69. The zero-order valence-electron chi connectivity index (χ0n) is 7.61. The molecule has 0 saturated carbocycles. The Labute approximate surface area is 75.8 Å². The van der Waals surface area contributed by atoms with Gasteiger partial charge >= 0.3 is 0 Å². The van der Waals surface area contributed by atoms with Gasteiger partial charge < -0.3 is 4.42 Å². The van der Waals surface area contributed by atoms with Gasteiger partial charge in [0, 0.05) is 6.08 Å². The highest BCUT2D eigenvalue weighted by molar-refractivity contribution is 5.70. The molecule has 1 aliphatic rings. The Hall–Kier alpha value is -1.60. The molecule has 0 amide bonds. The second-order valence-electron chi connectivity index (χ2n) is 3.18. The van der Waals surface area contributed by atoms with Gasteiger partial charge in [0.2, 0.25) is 0 Å². The largest absolute Gasteiger partial charge is 0.443 e. The zero-order valence-corrected chi connectivity index (χ0v) is 7.61. The molecule has 66 valence electrons. The fourth-order valence-electron chi connectivity index (χ4n) is 1.24. The number of allylic oxidation sites excluding steroid dienone is 1. The van der Waals surface area contributed by atoms with E-state index in [-0.39, 0.29) is 0 Å². The number of rotatable bonds is 1. The second-order valence-corrected chi connectivity index (χ2v) is 3.18. The number of aromatic nitrogens is 1. The third-order valence-electron chi connectivity index (χ3n) is 1.88. The summed E-state index contributed by atoms with van der Waals surface area (Å²) in [5.74, 6) is 3.15. The molecule has 1 aromatic rings. The Bertz CT molecular complexity index is 487. The van der Waals surface area contributed by atoms with Crippen molar-refractivity contribution in [2.24, 2.45) is 10.9 Å². The van der Waals surface area contributed by atoms with Gasteiger partial charge in [0.1, 0.15) is 5.35 Å². The molecule has 3 heteroatoms. The number of fused-ring (bicyclic) bond motifs is 1. The minimum atomic E-state index is 0.330. The molecule has 0 fully saturated rings. The Morgan fingerprint density at radius 2 is 2.31 bits per heavy atom. The van der Waals surface area contributed by atoms with E-state index in [9.17, 15) is 0 Å². The summed E-state index contributed by atoms with van der Waals surface area (Å²) in [6, 6.07) is 0. The van der Waals surface area contributed by atoms with Crippen LogP contribution < -0.4 is 10.8 Å². The van der Waals surface area contributed by atoms with Crippen molar-refractivity contribution in [2.45, 2.75) is 13.8 Å². The molecule has 0 atom stereocenters. The van der Waals surface area contributed by atoms with Crippen LogP contribution in [0.3, 0.4) is 0 Å². The lowest BCUT2D eigenvalue weighted by molar-refractivity contribution is 0.524. The van der Waals surface area contributed by atoms with Crippen LogP contribution in [0.4, 0.5) is 0 Å². The van der Waals surface area contributed by atoms with Crippen molar-refractivity contribution in [1.82, 2.24) is 4.98 Å². The van der Waals surface area contributed by atoms with Gasteiger partial charge in [0.15, 0.2) is 11.8 Å². The van der Waals surface area contributed by atoms with Crippen molar-refractivity contribution in [1.29, 1.82) is 0 Å². The number of hydrogen-bond donors (Lipinski definition) is 0. The predicted octanol–water partition coefficient (Wildman–Crippen LogP) is 0.459. The molecule has 0 bridgehead atoms. The third-order valence-corrected chi connectivity index (χ3v) is 1.88. The van der Waals surface area contributed by atoms with E-state index in [2.05, 4.69) is 29.7 Å². The van der Waals surface area contributed by atoms with Gasteiger partial charge in [-0.05, 0) is 17.9 Å². The Morgan fingerprint density at radius 3 is 3.08 bits per heavy atom.